The molecule has 18 nitrogen and oxygen atoms in total. The van der Waals surface area contributed by atoms with Crippen LogP contribution in [-0.4, -0.2) is 125 Å². The van der Waals surface area contributed by atoms with E-state index in [9.17, 15) is 45.5 Å². The Hall–Kier alpha value is -6.36. The highest BCUT2D eigenvalue weighted by molar-refractivity contribution is 5.77. The molecule has 4 aromatic heterocycles. The number of amides is 2. The van der Waals surface area contributed by atoms with Crippen molar-refractivity contribution in [1.82, 2.24) is 49.8 Å². The number of hydrogen-bond donors (Lipinski definition) is 0. The van der Waals surface area contributed by atoms with E-state index in [0.717, 1.165) is 51.4 Å². The lowest BCUT2D eigenvalue weighted by Gasteiger charge is -2.29. The van der Waals surface area contributed by atoms with Crippen molar-refractivity contribution in [2.75, 3.05) is 14.1 Å². The summed E-state index contributed by atoms with van der Waals surface area (Å²) in [5.41, 5.74) is -0.785. The van der Waals surface area contributed by atoms with Crippen molar-refractivity contribution in [1.29, 1.82) is 0 Å². The number of rotatable bonds is 18. The van der Waals surface area contributed by atoms with Gasteiger partial charge in [0.05, 0.1) is 22.8 Å². The van der Waals surface area contributed by atoms with Crippen LogP contribution < -0.4 is 9.47 Å². The quantitative estimate of drug-likeness (QED) is 0.0683. The number of aromatic nitrogens is 8. The highest BCUT2D eigenvalue weighted by atomic mass is 19.4. The van der Waals surface area contributed by atoms with E-state index in [1.54, 1.807) is 38.0 Å². The lowest BCUT2D eigenvalue weighted by Crippen LogP contribution is -2.35. The molecule has 0 N–H and O–H groups in total. The Kier molecular flexibility index (Phi) is 18.5. The van der Waals surface area contributed by atoms with Gasteiger partial charge in [0, 0.05) is 78.8 Å². The van der Waals surface area contributed by atoms with Gasteiger partial charge in [-0.15, -0.1) is 10.2 Å². The highest BCUT2D eigenvalue weighted by Crippen LogP contribution is 2.40. The van der Waals surface area contributed by atoms with Crippen molar-refractivity contribution in [2.45, 2.75) is 177 Å². The molecule has 404 valence electrons. The Balaban J connectivity index is 0.000000216. The lowest BCUT2D eigenvalue weighted by molar-refractivity contribution is -0.144. The van der Waals surface area contributed by atoms with E-state index in [1.807, 2.05) is 0 Å². The largest absolute Gasteiger partial charge is 0.488 e. The fourth-order valence-electron chi connectivity index (χ4n) is 10.5. The van der Waals surface area contributed by atoms with E-state index in [1.165, 1.54) is 33.6 Å². The molecule has 2 amide bonds. The summed E-state index contributed by atoms with van der Waals surface area (Å²) in [6.07, 6.45) is 2.33. The van der Waals surface area contributed by atoms with Crippen LogP contribution in [0.15, 0.2) is 24.3 Å². The molecule has 0 aromatic carbocycles. The molecule has 4 saturated carbocycles. The summed E-state index contributed by atoms with van der Waals surface area (Å²) in [4.78, 5) is 58.1. The molecule has 0 spiro atoms. The van der Waals surface area contributed by atoms with Crippen LogP contribution in [0.5, 0.6) is 11.5 Å². The minimum atomic E-state index is -4.76. The molecule has 8 rings (SSSR count). The van der Waals surface area contributed by atoms with E-state index in [2.05, 4.69) is 30.6 Å². The predicted molar refractivity (Wildman–Crippen MR) is 253 cm³/mol. The van der Waals surface area contributed by atoms with E-state index in [4.69, 9.17) is 18.9 Å². The van der Waals surface area contributed by atoms with E-state index >= 15 is 0 Å². The topological polar surface area (TPSA) is 199 Å². The number of alkyl halides is 6. The summed E-state index contributed by atoms with van der Waals surface area (Å²) in [5, 5.41) is 16.1. The Morgan fingerprint density at radius 3 is 1.54 bits per heavy atom. The maximum atomic E-state index is 14.0. The molecule has 0 unspecified atom stereocenters. The third kappa shape index (κ3) is 14.1. The average molecular weight is 1050 g/mol. The number of halogens is 6. The SMILES string of the molecule is CN(C(=O)CCc1c(-c2ccc(O[C@H]3CCC[C@H](OC=O)C3)c(C(F)(F)F)n2)nnn1C)C1CCCC1.CN(C(=O)CCc1nnn(C)c1-c1ccc(O[C@H]2CCC[C@H](OC=O)C2)c(C(F)(F)F)n1)C1CCCC1. The second-order valence-electron chi connectivity index (χ2n) is 19.5. The van der Waals surface area contributed by atoms with Crippen molar-refractivity contribution in [2.24, 2.45) is 14.1 Å². The molecule has 0 radical (unpaired) electrons. The molecule has 4 heterocycles. The van der Waals surface area contributed by atoms with Crippen LogP contribution in [0.3, 0.4) is 0 Å². The smallest absolute Gasteiger partial charge is 0.437 e. The maximum Gasteiger partial charge on any atom is 0.437 e. The molecule has 74 heavy (non-hydrogen) atoms. The molecule has 0 saturated heterocycles. The molecule has 4 aliphatic rings. The van der Waals surface area contributed by atoms with Gasteiger partial charge in [-0.1, -0.05) is 36.1 Å². The van der Waals surface area contributed by atoms with E-state index < -0.39 is 35.9 Å². The van der Waals surface area contributed by atoms with Crippen LogP contribution in [0.2, 0.25) is 0 Å². The molecular weight excluding hydrogens is 983 g/mol. The number of pyridine rings is 2. The van der Waals surface area contributed by atoms with Crippen LogP contribution >= 0.6 is 0 Å². The summed E-state index contributed by atoms with van der Waals surface area (Å²) in [5.74, 6) is -0.804. The van der Waals surface area contributed by atoms with Gasteiger partial charge in [-0.3, -0.25) is 23.9 Å². The Morgan fingerprint density at radius 2 is 1.05 bits per heavy atom. The number of nitrogens with zero attached hydrogens (tertiary/aromatic N) is 10. The Labute approximate surface area is 424 Å². The molecule has 0 aliphatic heterocycles. The summed E-state index contributed by atoms with van der Waals surface area (Å²) < 4.78 is 108. The average Bonchev–Trinajstić information content (AvgIpc) is 4.22. The minimum absolute atomic E-state index is 0.00480. The summed E-state index contributed by atoms with van der Waals surface area (Å²) in [7, 11) is 6.81. The first kappa shape index (κ1) is 55.4. The molecule has 4 aromatic rings. The summed E-state index contributed by atoms with van der Waals surface area (Å²) in [6, 6.07) is 5.85. The molecular formula is C50H64F6N10O8. The van der Waals surface area contributed by atoms with Crippen molar-refractivity contribution < 1.29 is 64.5 Å². The number of hydrogen-bond acceptors (Lipinski definition) is 14. The third-order valence-electron chi connectivity index (χ3n) is 14.5. The molecule has 4 atom stereocenters. The van der Waals surface area contributed by atoms with Crippen molar-refractivity contribution >= 4 is 24.8 Å². The third-order valence-corrected chi connectivity index (χ3v) is 14.5. The molecule has 0 bridgehead atoms. The number of carbonyl (C=O) groups excluding carboxylic acids is 4. The Morgan fingerprint density at radius 1 is 0.608 bits per heavy atom. The van der Waals surface area contributed by atoms with Crippen molar-refractivity contribution in [3.05, 3.63) is 47.0 Å². The van der Waals surface area contributed by atoms with Gasteiger partial charge in [0.25, 0.3) is 12.9 Å². The fraction of sp³-hybridized carbons (Fsp3) is 0.640. The summed E-state index contributed by atoms with van der Waals surface area (Å²) in [6.45, 7) is 0.702. The van der Waals surface area contributed by atoms with E-state index in [0.29, 0.717) is 81.4 Å². The molecule has 4 fully saturated rings. The Bertz CT molecular complexity index is 2540. The van der Waals surface area contributed by atoms with Gasteiger partial charge in [-0.25, -0.2) is 14.6 Å². The van der Waals surface area contributed by atoms with Crippen LogP contribution in [-0.2, 0) is 67.9 Å². The number of ether oxygens (including phenoxy) is 4. The van der Waals surface area contributed by atoms with Crippen LogP contribution in [0, 0.1) is 0 Å². The van der Waals surface area contributed by atoms with Gasteiger partial charge < -0.3 is 28.7 Å². The predicted octanol–water partition coefficient (Wildman–Crippen LogP) is 8.19. The van der Waals surface area contributed by atoms with Crippen molar-refractivity contribution in [3.63, 3.8) is 0 Å². The molecule has 24 heteroatoms. The second kappa shape index (κ2) is 24.8. The first-order valence-corrected chi connectivity index (χ1v) is 25.3. The van der Waals surface area contributed by atoms with Crippen molar-refractivity contribution in [3.8, 4) is 34.3 Å². The zero-order valence-electron chi connectivity index (χ0n) is 42.1. The lowest BCUT2D eigenvalue weighted by atomic mass is 9.95. The monoisotopic (exact) mass is 1050 g/mol. The minimum Gasteiger partial charge on any atom is -0.488 e. The van der Waals surface area contributed by atoms with Gasteiger partial charge in [0.1, 0.15) is 35.8 Å². The molecule has 4 aliphatic carbocycles. The first-order valence-electron chi connectivity index (χ1n) is 25.3. The zero-order chi connectivity index (χ0) is 53.2. The number of carbonyl (C=O) groups is 4. The second-order valence-corrected chi connectivity index (χ2v) is 19.5. The van der Waals surface area contributed by atoms with Crippen LogP contribution in [0.4, 0.5) is 26.3 Å². The fourth-order valence-corrected chi connectivity index (χ4v) is 10.5. The van der Waals surface area contributed by atoms with Gasteiger partial charge in [-0.2, -0.15) is 26.3 Å². The van der Waals surface area contributed by atoms with Crippen LogP contribution in [0.25, 0.3) is 22.8 Å². The highest BCUT2D eigenvalue weighted by Gasteiger charge is 2.40. The normalized spacial score (nSPS) is 20.6. The van der Waals surface area contributed by atoms with Gasteiger partial charge in [0.15, 0.2) is 22.9 Å². The standard InChI is InChI=1S/2C25H32F3N5O4/c1-32(16-6-3-4-7-16)22(35)13-11-20-23(30-31-33(20)2)19-10-12-21(24(29-19)25(26,27)28)37-18-9-5-8-17(14-18)36-15-34;1-32(16-6-3-4-7-16)22(35)13-11-20-23(33(2)31-30-20)19-10-12-21(24(29-19)25(26,27)28)37-18-9-5-8-17(14-18)36-15-34/h2*10,12,15-18H,3-9,11,13-14H2,1-2H3/t2*17-,18-/m00/s1. The van der Waals surface area contributed by atoms with Gasteiger partial charge in [-0.05, 0) is 88.5 Å². The van der Waals surface area contributed by atoms with E-state index in [-0.39, 0.29) is 90.4 Å². The zero-order valence-corrected chi connectivity index (χ0v) is 42.1. The maximum absolute atomic E-state index is 14.0. The summed E-state index contributed by atoms with van der Waals surface area (Å²) >= 11 is 0. The number of aryl methyl sites for hydroxylation is 3. The van der Waals surface area contributed by atoms with Gasteiger partial charge in [0.2, 0.25) is 11.8 Å². The van der Waals surface area contributed by atoms with Crippen LogP contribution in [0.1, 0.15) is 138 Å². The van der Waals surface area contributed by atoms with Gasteiger partial charge >= 0.3 is 12.4 Å². The first-order chi connectivity index (χ1) is 35.3.